The zero-order valence-corrected chi connectivity index (χ0v) is 24.6. The van der Waals surface area contributed by atoms with Crippen LogP contribution in [0.15, 0.2) is 36.4 Å². The Hall–Kier alpha value is -3.30. The summed E-state index contributed by atoms with van der Waals surface area (Å²) in [6.45, 7) is 14.0. The Morgan fingerprint density at radius 2 is 1.73 bits per heavy atom. The molecule has 0 radical (unpaired) electrons. The zero-order valence-electron chi connectivity index (χ0n) is 24.6. The molecule has 2 N–H and O–H groups in total. The molecule has 2 aromatic rings. The summed E-state index contributed by atoms with van der Waals surface area (Å²) in [5.41, 5.74) is 2.34. The van der Waals surface area contributed by atoms with Crippen molar-refractivity contribution in [3.63, 3.8) is 0 Å². The number of hydrogen-bond donors (Lipinski definition) is 2. The molecule has 3 rings (SSSR count). The quantitative estimate of drug-likeness (QED) is 0.283. The van der Waals surface area contributed by atoms with Crippen molar-refractivity contribution in [3.8, 4) is 11.5 Å². The number of carbonyl (C=O) groups excluding carboxylic acids is 1. The number of amides is 2. The summed E-state index contributed by atoms with van der Waals surface area (Å²) in [6, 6.07) is 10.9. The summed E-state index contributed by atoms with van der Waals surface area (Å²) in [7, 11) is 0. The van der Waals surface area contributed by atoms with E-state index in [-0.39, 0.29) is 32.1 Å². The number of ether oxygens (including phenoxy) is 4. The molecule has 40 heavy (non-hydrogen) atoms. The smallest absolute Gasteiger partial charge is 0.329 e. The largest absolute Gasteiger partial charge is 0.493 e. The molecule has 220 valence electrons. The molecule has 1 saturated carbocycles. The van der Waals surface area contributed by atoms with E-state index in [1.165, 1.54) is 0 Å². The van der Waals surface area contributed by atoms with Gasteiger partial charge in [-0.05, 0) is 64.3 Å². The lowest BCUT2D eigenvalue weighted by Gasteiger charge is -2.45. The van der Waals surface area contributed by atoms with Crippen molar-refractivity contribution in [1.82, 2.24) is 10.2 Å². The molecule has 9 nitrogen and oxygen atoms in total. The molecule has 1 fully saturated rings. The molecule has 1 atom stereocenters. The van der Waals surface area contributed by atoms with Gasteiger partial charge in [0, 0.05) is 31.6 Å². The van der Waals surface area contributed by atoms with E-state index in [2.05, 4.69) is 5.32 Å². The summed E-state index contributed by atoms with van der Waals surface area (Å²) >= 11 is 0. The normalized spacial score (nSPS) is 18.9. The minimum Gasteiger partial charge on any atom is -0.493 e. The minimum absolute atomic E-state index is 0.191. The number of aliphatic carboxylic acids is 1. The Bertz CT molecular complexity index is 1130. The van der Waals surface area contributed by atoms with Crippen molar-refractivity contribution in [2.75, 3.05) is 33.0 Å². The number of carboxylic acids is 1. The first-order chi connectivity index (χ1) is 19.2. The fraction of sp³-hybridized carbons (Fsp3) is 0.548. The summed E-state index contributed by atoms with van der Waals surface area (Å²) in [5.74, 6) is 0.365. The first kappa shape index (κ1) is 31.2. The second kappa shape index (κ2) is 14.4. The van der Waals surface area contributed by atoms with E-state index in [0.717, 1.165) is 28.0 Å². The highest BCUT2D eigenvalue weighted by molar-refractivity contribution is 5.87. The maximum Gasteiger partial charge on any atom is 0.329 e. The number of nitrogens with zero attached hydrogens (tertiary/aromatic N) is 1. The van der Waals surface area contributed by atoms with Crippen LogP contribution >= 0.6 is 0 Å². The molecule has 0 heterocycles. The monoisotopic (exact) mass is 556 g/mol. The molecule has 2 amide bonds. The van der Waals surface area contributed by atoms with E-state index in [4.69, 9.17) is 18.9 Å². The average Bonchev–Trinajstić information content (AvgIpc) is 2.91. The van der Waals surface area contributed by atoms with Crippen LogP contribution in [0.3, 0.4) is 0 Å². The van der Waals surface area contributed by atoms with Gasteiger partial charge in [-0.2, -0.15) is 0 Å². The second-order valence-electron chi connectivity index (χ2n) is 10.1. The molecule has 9 heteroatoms. The Labute approximate surface area is 237 Å². The lowest BCUT2D eigenvalue weighted by molar-refractivity contribution is -0.156. The molecule has 0 bridgehead atoms. The zero-order chi connectivity index (χ0) is 29.3. The van der Waals surface area contributed by atoms with Gasteiger partial charge in [0.2, 0.25) is 0 Å². The molecule has 0 aromatic heterocycles. The van der Waals surface area contributed by atoms with Crippen molar-refractivity contribution in [3.05, 3.63) is 58.7 Å². The number of benzene rings is 2. The van der Waals surface area contributed by atoms with Gasteiger partial charge in [-0.25, -0.2) is 9.59 Å². The van der Waals surface area contributed by atoms with Gasteiger partial charge in [-0.1, -0.05) is 30.3 Å². The summed E-state index contributed by atoms with van der Waals surface area (Å²) in [4.78, 5) is 27.7. The van der Waals surface area contributed by atoms with E-state index in [1.807, 2.05) is 77.9 Å². The van der Waals surface area contributed by atoms with Crippen LogP contribution in [0.1, 0.15) is 68.8 Å². The predicted octanol–water partition coefficient (Wildman–Crippen LogP) is 5.41. The van der Waals surface area contributed by atoms with Gasteiger partial charge in [-0.3, -0.25) is 0 Å². The summed E-state index contributed by atoms with van der Waals surface area (Å²) < 4.78 is 23.4. The van der Waals surface area contributed by atoms with Crippen LogP contribution in [0, 0.1) is 13.8 Å². The van der Waals surface area contributed by atoms with Crippen LogP contribution in [0.2, 0.25) is 0 Å². The van der Waals surface area contributed by atoms with E-state index in [9.17, 15) is 14.7 Å². The van der Waals surface area contributed by atoms with Crippen LogP contribution < -0.4 is 14.8 Å². The van der Waals surface area contributed by atoms with Crippen molar-refractivity contribution >= 4 is 12.0 Å². The van der Waals surface area contributed by atoms with Gasteiger partial charge >= 0.3 is 12.0 Å². The molecule has 2 aromatic carbocycles. The maximum absolute atomic E-state index is 13.8. The molecule has 0 unspecified atom stereocenters. The average molecular weight is 557 g/mol. The first-order valence-electron chi connectivity index (χ1n) is 14.1. The third-order valence-electron chi connectivity index (χ3n) is 7.44. The number of carbonyl (C=O) groups is 2. The first-order valence-corrected chi connectivity index (χ1v) is 14.1. The van der Waals surface area contributed by atoms with Gasteiger partial charge in [-0.15, -0.1) is 0 Å². The number of rotatable bonds is 15. The highest BCUT2D eigenvalue weighted by Gasteiger charge is 2.53. The van der Waals surface area contributed by atoms with Crippen molar-refractivity contribution in [1.29, 1.82) is 0 Å². The lowest BCUT2D eigenvalue weighted by atomic mass is 9.74. The van der Waals surface area contributed by atoms with Gasteiger partial charge in [0.15, 0.2) is 0 Å². The number of carboxylic acid groups (broad SMARTS) is 1. The molecular weight excluding hydrogens is 512 g/mol. The Kier molecular flexibility index (Phi) is 11.2. The summed E-state index contributed by atoms with van der Waals surface area (Å²) in [6.07, 6.45) is 0.255. The van der Waals surface area contributed by atoms with E-state index in [1.54, 1.807) is 4.90 Å². The molecule has 0 aliphatic heterocycles. The fourth-order valence-corrected chi connectivity index (χ4v) is 5.23. The Morgan fingerprint density at radius 3 is 2.33 bits per heavy atom. The molecule has 0 spiro atoms. The number of nitrogens with one attached hydrogen (secondary N) is 1. The Morgan fingerprint density at radius 1 is 1.05 bits per heavy atom. The van der Waals surface area contributed by atoms with Crippen LogP contribution in [0.5, 0.6) is 11.5 Å². The molecule has 0 saturated heterocycles. The van der Waals surface area contributed by atoms with Gasteiger partial charge in [0.25, 0.3) is 0 Å². The molecular formula is C31H44N2O7. The van der Waals surface area contributed by atoms with Crippen LogP contribution in [-0.4, -0.2) is 66.6 Å². The van der Waals surface area contributed by atoms with E-state index < -0.39 is 23.6 Å². The van der Waals surface area contributed by atoms with E-state index in [0.29, 0.717) is 32.2 Å². The fourth-order valence-electron chi connectivity index (χ4n) is 5.23. The van der Waals surface area contributed by atoms with Crippen LogP contribution in [0.4, 0.5) is 4.79 Å². The third-order valence-corrected chi connectivity index (χ3v) is 7.44. The van der Waals surface area contributed by atoms with Gasteiger partial charge in [0.1, 0.15) is 17.0 Å². The number of hydrogen-bond acceptors (Lipinski definition) is 6. The number of urea groups is 1. The van der Waals surface area contributed by atoms with Crippen molar-refractivity contribution < 1.29 is 33.6 Å². The SMILES string of the molecule is CCOc1cc([C@@H](C)N(CCOCc2ccccc2)C(=O)NC2(C(=O)O)CC(OCC)C2)c(C)c(OCC)c1C. The van der Waals surface area contributed by atoms with Crippen LogP contribution in [-0.2, 0) is 20.9 Å². The van der Waals surface area contributed by atoms with Gasteiger partial charge in [0.05, 0.1) is 38.6 Å². The third kappa shape index (κ3) is 7.26. The Balaban J connectivity index is 1.88. The maximum atomic E-state index is 13.8. The standard InChI is InChI=1S/C31H44N2O7/c1-7-38-25-18-31(19-25,29(34)35)32-30(36)33(15-16-37-20-24-13-11-10-12-14-24)23(6)26-17-27(39-8-2)22(5)28(21(26)4)40-9-3/h10-14,17,23,25H,7-9,15-16,18-20H2,1-6H3,(H,32,36)(H,34,35)/t23-,25?,31?/m1/s1. The predicted molar refractivity (Wildman–Crippen MR) is 153 cm³/mol. The lowest BCUT2D eigenvalue weighted by Crippen LogP contribution is -2.66. The summed E-state index contributed by atoms with van der Waals surface area (Å²) in [5, 5.41) is 12.8. The van der Waals surface area contributed by atoms with E-state index >= 15 is 0 Å². The highest BCUT2D eigenvalue weighted by atomic mass is 16.5. The van der Waals surface area contributed by atoms with Crippen molar-refractivity contribution in [2.24, 2.45) is 0 Å². The minimum atomic E-state index is -1.37. The molecule has 1 aliphatic rings. The van der Waals surface area contributed by atoms with Crippen molar-refractivity contribution in [2.45, 2.75) is 78.7 Å². The van der Waals surface area contributed by atoms with Crippen LogP contribution in [0.25, 0.3) is 0 Å². The highest BCUT2D eigenvalue weighted by Crippen LogP contribution is 2.39. The van der Waals surface area contributed by atoms with Gasteiger partial charge < -0.3 is 34.3 Å². The second-order valence-corrected chi connectivity index (χ2v) is 10.1. The topological polar surface area (TPSA) is 107 Å². The molecule has 1 aliphatic carbocycles.